The van der Waals surface area contributed by atoms with Crippen LogP contribution in [0.25, 0.3) is 28.1 Å². The molecule has 0 atom stereocenters. The molecule has 2 fully saturated rings. The van der Waals surface area contributed by atoms with Gasteiger partial charge in [-0.25, -0.2) is 9.37 Å². The number of hydrogen-bond acceptors (Lipinski definition) is 4. The molecule has 4 aromatic rings. The summed E-state index contributed by atoms with van der Waals surface area (Å²) < 4.78 is 23.1. The van der Waals surface area contributed by atoms with E-state index >= 15 is 4.39 Å². The third kappa shape index (κ3) is 3.54. The van der Waals surface area contributed by atoms with Gasteiger partial charge in [0.1, 0.15) is 29.2 Å². The van der Waals surface area contributed by atoms with Crippen molar-refractivity contribution < 1.29 is 9.13 Å². The quantitative estimate of drug-likeness (QED) is 0.408. The van der Waals surface area contributed by atoms with Crippen molar-refractivity contribution >= 4 is 16.6 Å². The van der Waals surface area contributed by atoms with E-state index in [1.807, 2.05) is 40.8 Å². The minimum absolute atomic E-state index is 0.0800. The molecule has 2 aliphatic rings. The molecule has 0 saturated heterocycles. The maximum absolute atomic E-state index is 15.1. The van der Waals surface area contributed by atoms with Gasteiger partial charge in [-0.3, -0.25) is 4.40 Å². The zero-order valence-corrected chi connectivity index (χ0v) is 17.4. The van der Waals surface area contributed by atoms with Crippen LogP contribution >= 0.6 is 0 Å². The zero-order valence-electron chi connectivity index (χ0n) is 17.4. The maximum atomic E-state index is 15.1. The second-order valence-corrected chi connectivity index (χ2v) is 9.01. The maximum Gasteiger partial charge on any atom is 0.187 e. The fourth-order valence-corrected chi connectivity index (χ4v) is 4.64. The first-order valence-corrected chi connectivity index (χ1v) is 11.3. The van der Waals surface area contributed by atoms with Crippen LogP contribution in [0.4, 0.5) is 4.39 Å². The number of benzene rings is 1. The van der Waals surface area contributed by atoms with Gasteiger partial charge < -0.3 is 4.74 Å². The van der Waals surface area contributed by atoms with Crippen molar-refractivity contribution in [2.75, 3.05) is 6.61 Å². The van der Waals surface area contributed by atoms with Crippen molar-refractivity contribution in [1.82, 2.24) is 19.6 Å². The molecule has 1 aromatic carbocycles. The van der Waals surface area contributed by atoms with Crippen molar-refractivity contribution in [3.05, 3.63) is 54.2 Å². The van der Waals surface area contributed by atoms with E-state index in [2.05, 4.69) is 22.5 Å². The Morgan fingerprint density at radius 3 is 2.71 bits per heavy atom. The van der Waals surface area contributed by atoms with Gasteiger partial charge in [0.25, 0.3) is 0 Å². The summed E-state index contributed by atoms with van der Waals surface area (Å²) in [5, 5.41) is 9.68. The van der Waals surface area contributed by atoms with Crippen LogP contribution in [0, 0.1) is 0 Å². The molecule has 5 nitrogen and oxygen atoms in total. The van der Waals surface area contributed by atoms with Crippen molar-refractivity contribution in [2.24, 2.45) is 0 Å². The van der Waals surface area contributed by atoms with Gasteiger partial charge in [0.05, 0.1) is 0 Å². The Hall–Kier alpha value is -3.02. The fourth-order valence-electron chi connectivity index (χ4n) is 4.64. The largest absolute Gasteiger partial charge is 0.488 e. The summed E-state index contributed by atoms with van der Waals surface area (Å²) >= 11 is 0. The van der Waals surface area contributed by atoms with E-state index in [0.29, 0.717) is 30.3 Å². The Kier molecular flexibility index (Phi) is 4.40. The van der Waals surface area contributed by atoms with Crippen LogP contribution in [-0.2, 0) is 0 Å². The van der Waals surface area contributed by atoms with E-state index in [0.717, 1.165) is 41.5 Å². The SMILES string of the molecule is FC1(COc2cccc3ccc(-c4nnc5ccc(C6CC6)cn45)nc23)CCCCC1. The minimum Gasteiger partial charge on any atom is -0.488 e. The first-order chi connectivity index (χ1) is 15.2. The summed E-state index contributed by atoms with van der Waals surface area (Å²) in [5.74, 6) is 1.98. The van der Waals surface area contributed by atoms with Gasteiger partial charge in [0.15, 0.2) is 11.5 Å². The number of rotatable bonds is 5. The summed E-state index contributed by atoms with van der Waals surface area (Å²) in [6.45, 7) is 0.0800. The Balaban J connectivity index is 1.36. The van der Waals surface area contributed by atoms with Crippen LogP contribution in [-0.4, -0.2) is 31.9 Å². The number of para-hydroxylation sites is 1. The van der Waals surface area contributed by atoms with Gasteiger partial charge in [-0.05, 0) is 55.4 Å². The monoisotopic (exact) mass is 416 g/mol. The molecule has 0 unspecified atom stereocenters. The second-order valence-electron chi connectivity index (χ2n) is 9.01. The lowest BCUT2D eigenvalue weighted by Crippen LogP contribution is -2.33. The number of hydrogen-bond donors (Lipinski definition) is 0. The molecule has 0 bridgehead atoms. The summed E-state index contributed by atoms with van der Waals surface area (Å²) in [6.07, 6.45) is 8.74. The molecule has 31 heavy (non-hydrogen) atoms. The lowest BCUT2D eigenvalue weighted by Gasteiger charge is -2.29. The second kappa shape index (κ2) is 7.29. The molecule has 0 N–H and O–H groups in total. The Morgan fingerprint density at radius 1 is 1.00 bits per heavy atom. The van der Waals surface area contributed by atoms with E-state index < -0.39 is 5.67 Å². The number of fused-ring (bicyclic) bond motifs is 2. The molecule has 0 spiro atoms. The van der Waals surface area contributed by atoms with Gasteiger partial charge in [-0.15, -0.1) is 10.2 Å². The molecule has 6 heteroatoms. The molecule has 2 saturated carbocycles. The number of pyridine rings is 2. The van der Waals surface area contributed by atoms with E-state index in [1.54, 1.807) is 0 Å². The topological polar surface area (TPSA) is 52.3 Å². The summed E-state index contributed by atoms with van der Waals surface area (Å²) in [4.78, 5) is 4.87. The molecule has 3 heterocycles. The van der Waals surface area contributed by atoms with Gasteiger partial charge in [-0.2, -0.15) is 0 Å². The van der Waals surface area contributed by atoms with Crippen molar-refractivity contribution in [3.8, 4) is 17.3 Å². The van der Waals surface area contributed by atoms with Crippen LogP contribution in [0.1, 0.15) is 56.4 Å². The highest BCUT2D eigenvalue weighted by molar-refractivity contribution is 5.86. The van der Waals surface area contributed by atoms with Crippen LogP contribution in [0.15, 0.2) is 48.7 Å². The first-order valence-electron chi connectivity index (χ1n) is 11.3. The third-order valence-corrected chi connectivity index (χ3v) is 6.62. The molecule has 158 valence electrons. The normalized spacial score (nSPS) is 18.5. The molecular formula is C25H25FN4O. The average Bonchev–Trinajstić information content (AvgIpc) is 3.57. The number of halogens is 1. The first kappa shape index (κ1) is 18.7. The highest BCUT2D eigenvalue weighted by atomic mass is 19.1. The van der Waals surface area contributed by atoms with Crippen LogP contribution in [0.5, 0.6) is 5.75 Å². The lowest BCUT2D eigenvalue weighted by atomic mass is 9.87. The van der Waals surface area contributed by atoms with Crippen molar-refractivity contribution in [2.45, 2.75) is 56.5 Å². The highest BCUT2D eigenvalue weighted by Crippen LogP contribution is 2.40. The number of aromatic nitrogens is 4. The molecule has 2 aliphatic carbocycles. The van der Waals surface area contributed by atoms with Crippen LogP contribution in [0.3, 0.4) is 0 Å². The molecule has 0 amide bonds. The highest BCUT2D eigenvalue weighted by Gasteiger charge is 2.32. The summed E-state index contributed by atoms with van der Waals surface area (Å²) in [5.41, 5.74) is 2.35. The Bertz CT molecular complexity index is 1260. The number of nitrogens with zero attached hydrogens (tertiary/aromatic N) is 4. The van der Waals surface area contributed by atoms with Crippen LogP contribution in [0.2, 0.25) is 0 Å². The molecule has 0 radical (unpaired) electrons. The summed E-state index contributed by atoms with van der Waals surface area (Å²) in [6, 6.07) is 13.9. The standard InChI is InChI=1S/C25H25FN4O/c26-25(13-2-1-3-14-25)16-31-21-6-4-5-18-9-11-20(27-23(18)21)24-29-28-22-12-10-19(15-30(22)24)17-7-8-17/h4-6,9-12,15,17H,1-3,7-8,13-14,16H2. The Morgan fingerprint density at radius 2 is 1.87 bits per heavy atom. The van der Waals surface area contributed by atoms with Gasteiger partial charge >= 0.3 is 0 Å². The van der Waals surface area contributed by atoms with Gasteiger partial charge in [0, 0.05) is 11.6 Å². The smallest absolute Gasteiger partial charge is 0.187 e. The predicted octanol–water partition coefficient (Wildman–Crippen LogP) is 5.87. The fraction of sp³-hybridized carbons (Fsp3) is 0.400. The van der Waals surface area contributed by atoms with E-state index in [9.17, 15) is 0 Å². The van der Waals surface area contributed by atoms with Crippen molar-refractivity contribution in [3.63, 3.8) is 0 Å². The molecule has 3 aromatic heterocycles. The minimum atomic E-state index is -1.24. The zero-order chi connectivity index (χ0) is 20.8. The Labute approximate surface area is 180 Å². The van der Waals surface area contributed by atoms with Crippen LogP contribution < -0.4 is 4.74 Å². The number of alkyl halides is 1. The third-order valence-electron chi connectivity index (χ3n) is 6.62. The number of ether oxygens (including phenoxy) is 1. The lowest BCUT2D eigenvalue weighted by molar-refractivity contribution is 0.0481. The van der Waals surface area contributed by atoms with E-state index in [-0.39, 0.29) is 6.61 Å². The molecule has 0 aliphatic heterocycles. The molecule has 6 rings (SSSR count). The van der Waals surface area contributed by atoms with Gasteiger partial charge in [0.2, 0.25) is 0 Å². The van der Waals surface area contributed by atoms with E-state index in [1.165, 1.54) is 18.4 Å². The predicted molar refractivity (Wildman–Crippen MR) is 118 cm³/mol. The van der Waals surface area contributed by atoms with E-state index in [4.69, 9.17) is 9.72 Å². The van der Waals surface area contributed by atoms with Crippen molar-refractivity contribution in [1.29, 1.82) is 0 Å². The van der Waals surface area contributed by atoms with Gasteiger partial charge in [-0.1, -0.05) is 43.5 Å². The summed E-state index contributed by atoms with van der Waals surface area (Å²) in [7, 11) is 0. The average molecular weight is 417 g/mol. The molecular weight excluding hydrogens is 391 g/mol.